The number of hydrogen-bond acceptors (Lipinski definition) is 2. The maximum Gasteiger partial charge on any atom is 0.117 e. The van der Waals surface area contributed by atoms with Crippen LogP contribution < -0.4 is 0 Å². The number of likely N-dealkylation sites (N-methyl/N-ethyl adjacent to an activating group) is 1. The van der Waals surface area contributed by atoms with Crippen molar-refractivity contribution in [2.45, 2.75) is 25.7 Å². The van der Waals surface area contributed by atoms with Gasteiger partial charge in [-0.3, -0.25) is 0 Å². The first-order valence-electron chi connectivity index (χ1n) is 6.36. The minimum absolute atomic E-state index is 0.582. The third-order valence-corrected chi connectivity index (χ3v) is 3.69. The number of aromatic nitrogens is 2. The van der Waals surface area contributed by atoms with E-state index in [-0.39, 0.29) is 0 Å². The maximum atomic E-state index is 4.63. The lowest BCUT2D eigenvalue weighted by molar-refractivity contribution is 0.245. The fraction of sp³-hybridized carbons (Fsp3) is 0.500. The van der Waals surface area contributed by atoms with Gasteiger partial charge in [-0.05, 0) is 45.0 Å². The molecule has 0 saturated carbocycles. The highest BCUT2D eigenvalue weighted by Crippen LogP contribution is 2.26. The summed E-state index contributed by atoms with van der Waals surface area (Å²) in [6.07, 6.45) is 6.73. The molecule has 2 aromatic rings. The van der Waals surface area contributed by atoms with E-state index in [9.17, 15) is 0 Å². The van der Waals surface area contributed by atoms with Crippen molar-refractivity contribution < 1.29 is 0 Å². The summed E-state index contributed by atoms with van der Waals surface area (Å²) in [4.78, 5) is 7.04. The first-order chi connectivity index (χ1) is 8.24. The third-order valence-electron chi connectivity index (χ3n) is 3.69. The van der Waals surface area contributed by atoms with Crippen molar-refractivity contribution in [2.75, 3.05) is 20.1 Å². The molecule has 1 aliphatic rings. The molecular weight excluding hydrogens is 210 g/mol. The summed E-state index contributed by atoms with van der Waals surface area (Å²) in [5, 5.41) is 0. The first-order valence-corrected chi connectivity index (χ1v) is 6.36. The molecule has 0 aromatic carbocycles. The van der Waals surface area contributed by atoms with E-state index in [2.05, 4.69) is 46.6 Å². The van der Waals surface area contributed by atoms with Gasteiger partial charge in [0.15, 0.2) is 0 Å². The van der Waals surface area contributed by atoms with E-state index >= 15 is 0 Å². The summed E-state index contributed by atoms with van der Waals surface area (Å²) in [6.45, 7) is 4.49. The highest BCUT2D eigenvalue weighted by molar-refractivity contribution is 5.47. The predicted octanol–water partition coefficient (Wildman–Crippen LogP) is 2.45. The van der Waals surface area contributed by atoms with Gasteiger partial charge in [0.05, 0.1) is 11.7 Å². The zero-order chi connectivity index (χ0) is 11.8. The smallest absolute Gasteiger partial charge is 0.117 e. The van der Waals surface area contributed by atoms with Gasteiger partial charge in [-0.25, -0.2) is 4.98 Å². The molecule has 1 aliphatic heterocycles. The Kier molecular flexibility index (Phi) is 2.63. The number of aryl methyl sites for hydroxylation is 1. The Morgan fingerprint density at radius 2 is 2.24 bits per heavy atom. The van der Waals surface area contributed by atoms with Crippen molar-refractivity contribution in [1.29, 1.82) is 0 Å². The summed E-state index contributed by atoms with van der Waals surface area (Å²) < 4.78 is 2.26. The summed E-state index contributed by atoms with van der Waals surface area (Å²) in [5.41, 5.74) is 2.50. The van der Waals surface area contributed by atoms with E-state index < -0.39 is 0 Å². The van der Waals surface area contributed by atoms with E-state index in [1.165, 1.54) is 36.3 Å². The minimum Gasteiger partial charge on any atom is -0.306 e. The number of imidazole rings is 1. The molecular formula is C14H19N3. The third kappa shape index (κ3) is 1.95. The Morgan fingerprint density at radius 3 is 3.06 bits per heavy atom. The summed E-state index contributed by atoms with van der Waals surface area (Å²) in [5.74, 6) is 1.81. The Bertz CT molecular complexity index is 529. The lowest BCUT2D eigenvalue weighted by atomic mass is 9.98. The van der Waals surface area contributed by atoms with Crippen LogP contribution in [0.3, 0.4) is 0 Å². The summed E-state index contributed by atoms with van der Waals surface area (Å²) in [7, 11) is 2.20. The van der Waals surface area contributed by atoms with Crippen LogP contribution in [0.5, 0.6) is 0 Å². The number of hydrogen-bond donors (Lipinski definition) is 0. The average Bonchev–Trinajstić information content (AvgIpc) is 2.71. The first kappa shape index (κ1) is 10.8. The molecule has 0 amide bonds. The Hall–Kier alpha value is -1.35. The van der Waals surface area contributed by atoms with Gasteiger partial charge in [0, 0.05) is 18.7 Å². The molecule has 2 aromatic heterocycles. The molecule has 1 fully saturated rings. The van der Waals surface area contributed by atoms with Gasteiger partial charge >= 0.3 is 0 Å². The molecule has 0 spiro atoms. The fourth-order valence-corrected chi connectivity index (χ4v) is 2.80. The second kappa shape index (κ2) is 4.15. The quantitative estimate of drug-likeness (QED) is 0.748. The van der Waals surface area contributed by atoms with Gasteiger partial charge in [-0.15, -0.1) is 0 Å². The number of nitrogens with zero attached hydrogens (tertiary/aromatic N) is 3. The zero-order valence-electron chi connectivity index (χ0n) is 10.6. The molecule has 1 unspecified atom stereocenters. The van der Waals surface area contributed by atoms with Gasteiger partial charge in [0.25, 0.3) is 0 Å². The Balaban J connectivity index is 2.01. The van der Waals surface area contributed by atoms with Gasteiger partial charge in [0.1, 0.15) is 5.82 Å². The van der Waals surface area contributed by atoms with Crippen LogP contribution in [0.25, 0.3) is 5.52 Å². The molecule has 3 nitrogen and oxygen atoms in total. The van der Waals surface area contributed by atoms with Crippen molar-refractivity contribution >= 4 is 5.52 Å². The van der Waals surface area contributed by atoms with Crippen molar-refractivity contribution in [3.8, 4) is 0 Å². The van der Waals surface area contributed by atoms with E-state index in [0.717, 1.165) is 6.54 Å². The average molecular weight is 229 g/mol. The fourth-order valence-electron chi connectivity index (χ4n) is 2.80. The van der Waals surface area contributed by atoms with Crippen LogP contribution in [0, 0.1) is 6.92 Å². The van der Waals surface area contributed by atoms with E-state index in [4.69, 9.17) is 0 Å². The molecule has 3 heteroatoms. The lowest BCUT2D eigenvalue weighted by Gasteiger charge is -2.28. The largest absolute Gasteiger partial charge is 0.306 e. The molecule has 0 bridgehead atoms. The van der Waals surface area contributed by atoms with Gasteiger partial charge in [-0.2, -0.15) is 0 Å². The van der Waals surface area contributed by atoms with Gasteiger partial charge < -0.3 is 9.30 Å². The molecule has 1 atom stereocenters. The van der Waals surface area contributed by atoms with Crippen molar-refractivity contribution in [3.63, 3.8) is 0 Å². The summed E-state index contributed by atoms with van der Waals surface area (Å²) in [6, 6.07) is 4.30. The molecule has 0 radical (unpaired) electrons. The van der Waals surface area contributed by atoms with Crippen molar-refractivity contribution in [2.24, 2.45) is 0 Å². The maximum absolute atomic E-state index is 4.63. The second-order valence-electron chi connectivity index (χ2n) is 5.22. The molecule has 17 heavy (non-hydrogen) atoms. The lowest BCUT2D eigenvalue weighted by Crippen LogP contribution is -2.31. The van der Waals surface area contributed by atoms with Crippen LogP contribution in [0.2, 0.25) is 0 Å². The number of likely N-dealkylation sites (tertiary alicyclic amines) is 1. The predicted molar refractivity (Wildman–Crippen MR) is 69.4 cm³/mol. The molecule has 90 valence electrons. The van der Waals surface area contributed by atoms with E-state index in [0.29, 0.717) is 5.92 Å². The molecule has 0 N–H and O–H groups in total. The normalized spacial score (nSPS) is 22.1. The Morgan fingerprint density at radius 1 is 1.35 bits per heavy atom. The van der Waals surface area contributed by atoms with Crippen LogP contribution in [0.4, 0.5) is 0 Å². The van der Waals surface area contributed by atoms with Crippen molar-refractivity contribution in [3.05, 3.63) is 35.9 Å². The number of rotatable bonds is 1. The molecule has 3 rings (SSSR count). The van der Waals surface area contributed by atoms with Gasteiger partial charge in [-0.1, -0.05) is 6.07 Å². The Labute approximate surface area is 102 Å². The highest BCUT2D eigenvalue weighted by atomic mass is 15.1. The standard InChI is InChI=1S/C14H19N3/c1-11-5-6-13-8-15-14(17(13)9-11)12-4-3-7-16(2)10-12/h5-6,8-9,12H,3-4,7,10H2,1-2H3. The summed E-state index contributed by atoms with van der Waals surface area (Å²) >= 11 is 0. The van der Waals surface area contributed by atoms with Crippen LogP contribution >= 0.6 is 0 Å². The van der Waals surface area contributed by atoms with Crippen LogP contribution in [0.15, 0.2) is 24.5 Å². The second-order valence-corrected chi connectivity index (χ2v) is 5.22. The minimum atomic E-state index is 0.582. The molecule has 0 aliphatic carbocycles. The van der Waals surface area contributed by atoms with Crippen LogP contribution in [0.1, 0.15) is 30.1 Å². The molecule has 1 saturated heterocycles. The topological polar surface area (TPSA) is 20.5 Å². The van der Waals surface area contributed by atoms with Gasteiger partial charge in [0.2, 0.25) is 0 Å². The highest BCUT2D eigenvalue weighted by Gasteiger charge is 2.22. The van der Waals surface area contributed by atoms with Crippen LogP contribution in [-0.4, -0.2) is 34.4 Å². The number of piperidine rings is 1. The monoisotopic (exact) mass is 229 g/mol. The number of pyridine rings is 1. The van der Waals surface area contributed by atoms with Crippen molar-refractivity contribution in [1.82, 2.24) is 14.3 Å². The van der Waals surface area contributed by atoms with E-state index in [1.54, 1.807) is 0 Å². The number of fused-ring (bicyclic) bond motifs is 1. The SMILES string of the molecule is Cc1ccc2cnc(C3CCCN(C)C3)n2c1. The molecule has 3 heterocycles. The van der Waals surface area contributed by atoms with E-state index in [1.807, 2.05) is 6.20 Å². The van der Waals surface area contributed by atoms with Crippen LogP contribution in [-0.2, 0) is 0 Å². The zero-order valence-corrected chi connectivity index (χ0v) is 10.6.